The predicted molar refractivity (Wildman–Crippen MR) is 75.3 cm³/mol. The number of fused-ring (bicyclic) bond motifs is 1. The van der Waals surface area contributed by atoms with E-state index in [4.69, 9.17) is 9.39 Å². The third-order valence-corrected chi connectivity index (χ3v) is 3.21. The molecule has 2 heterocycles. The molecular formula is C14H13BN2O4. The van der Waals surface area contributed by atoms with Crippen molar-refractivity contribution in [3.63, 3.8) is 0 Å². The van der Waals surface area contributed by atoms with Crippen molar-refractivity contribution in [1.82, 2.24) is 9.97 Å². The Hall–Kier alpha value is -2.25. The molecular weight excluding hydrogens is 271 g/mol. The molecule has 106 valence electrons. The third-order valence-electron chi connectivity index (χ3n) is 3.21. The number of aromatic nitrogens is 2. The molecule has 0 radical (unpaired) electrons. The van der Waals surface area contributed by atoms with Gasteiger partial charge in [-0.05, 0) is 30.1 Å². The summed E-state index contributed by atoms with van der Waals surface area (Å²) in [6.07, 6.45) is 2.82. The molecule has 1 aliphatic heterocycles. The second-order valence-electron chi connectivity index (χ2n) is 4.82. The lowest BCUT2D eigenvalue weighted by Gasteiger charge is -2.10. The van der Waals surface area contributed by atoms with Gasteiger partial charge in [0.15, 0.2) is 0 Å². The number of ether oxygens (including phenoxy) is 1. The SMILES string of the molecule is CC(=O)CC1OB(O)c2cc(Oc3ccncn3)ccc21. The van der Waals surface area contributed by atoms with Gasteiger partial charge in [0.05, 0.1) is 6.10 Å². The second-order valence-corrected chi connectivity index (χ2v) is 4.82. The molecule has 21 heavy (non-hydrogen) atoms. The summed E-state index contributed by atoms with van der Waals surface area (Å²) in [7, 11) is -1.04. The first kappa shape index (κ1) is 13.7. The first-order chi connectivity index (χ1) is 10.1. The number of carbonyl (C=O) groups is 1. The summed E-state index contributed by atoms with van der Waals surface area (Å²) in [6, 6.07) is 6.89. The third kappa shape index (κ3) is 2.93. The predicted octanol–water partition coefficient (Wildman–Crippen LogP) is 1.01. The molecule has 0 amide bonds. The number of nitrogens with zero attached hydrogens (tertiary/aromatic N) is 2. The Balaban J connectivity index is 1.85. The quantitative estimate of drug-likeness (QED) is 0.844. The van der Waals surface area contributed by atoms with Crippen LogP contribution in [0.1, 0.15) is 25.0 Å². The number of Topliss-reactive ketones (excluding diaryl/α,β-unsaturated/α-hetero) is 1. The molecule has 0 fully saturated rings. The zero-order valence-corrected chi connectivity index (χ0v) is 11.4. The second kappa shape index (κ2) is 5.63. The summed E-state index contributed by atoms with van der Waals surface area (Å²) >= 11 is 0. The lowest BCUT2D eigenvalue weighted by molar-refractivity contribution is -0.118. The molecule has 0 saturated carbocycles. The Morgan fingerprint density at radius 2 is 2.33 bits per heavy atom. The van der Waals surface area contributed by atoms with Crippen LogP contribution in [0.15, 0.2) is 36.8 Å². The molecule has 0 saturated heterocycles. The molecule has 3 rings (SSSR count). The van der Waals surface area contributed by atoms with E-state index in [1.165, 1.54) is 13.3 Å². The number of hydrogen-bond donors (Lipinski definition) is 1. The van der Waals surface area contributed by atoms with Gasteiger partial charge in [-0.2, -0.15) is 0 Å². The maximum atomic E-state index is 11.2. The van der Waals surface area contributed by atoms with E-state index >= 15 is 0 Å². The van der Waals surface area contributed by atoms with Gasteiger partial charge >= 0.3 is 7.12 Å². The molecule has 1 atom stereocenters. The fourth-order valence-corrected chi connectivity index (χ4v) is 2.30. The van der Waals surface area contributed by atoms with Crippen molar-refractivity contribution >= 4 is 18.4 Å². The van der Waals surface area contributed by atoms with Gasteiger partial charge in [-0.1, -0.05) is 6.07 Å². The molecule has 2 aromatic rings. The topological polar surface area (TPSA) is 81.5 Å². The van der Waals surface area contributed by atoms with Crippen LogP contribution >= 0.6 is 0 Å². The van der Waals surface area contributed by atoms with Crippen LogP contribution < -0.4 is 10.2 Å². The Kier molecular flexibility index (Phi) is 3.68. The average Bonchev–Trinajstić information content (AvgIpc) is 2.75. The summed E-state index contributed by atoms with van der Waals surface area (Å²) in [6.45, 7) is 1.50. The van der Waals surface area contributed by atoms with Gasteiger partial charge in [-0.15, -0.1) is 0 Å². The van der Waals surface area contributed by atoms with Crippen LogP contribution in [-0.2, 0) is 9.45 Å². The highest BCUT2D eigenvalue weighted by Crippen LogP contribution is 2.29. The maximum Gasteiger partial charge on any atom is 0.492 e. The monoisotopic (exact) mass is 284 g/mol. The molecule has 1 aromatic heterocycles. The summed E-state index contributed by atoms with van der Waals surface area (Å²) in [5, 5.41) is 9.94. The molecule has 6 nitrogen and oxygen atoms in total. The van der Waals surface area contributed by atoms with E-state index in [1.807, 2.05) is 0 Å². The first-order valence-electron chi connectivity index (χ1n) is 6.54. The van der Waals surface area contributed by atoms with Crippen molar-refractivity contribution in [1.29, 1.82) is 0 Å². The molecule has 0 bridgehead atoms. The van der Waals surface area contributed by atoms with E-state index in [0.29, 0.717) is 17.1 Å². The Labute approximate surface area is 121 Å². The number of hydrogen-bond acceptors (Lipinski definition) is 6. The maximum absolute atomic E-state index is 11.2. The first-order valence-corrected chi connectivity index (χ1v) is 6.54. The van der Waals surface area contributed by atoms with Crippen molar-refractivity contribution in [2.24, 2.45) is 0 Å². The standard InChI is InChI=1S/C14H13BN2O4/c1-9(18)6-13-11-3-2-10(7-12(11)15(19)21-13)20-14-4-5-16-8-17-14/h2-5,7-8,13,19H,6H2,1H3. The van der Waals surface area contributed by atoms with E-state index in [0.717, 1.165) is 5.56 Å². The van der Waals surface area contributed by atoms with Crippen molar-refractivity contribution in [2.45, 2.75) is 19.4 Å². The van der Waals surface area contributed by atoms with Gasteiger partial charge in [0.1, 0.15) is 17.9 Å². The van der Waals surface area contributed by atoms with Gasteiger partial charge in [0.2, 0.25) is 5.88 Å². The Bertz CT molecular complexity index is 665. The molecule has 1 unspecified atom stereocenters. The number of carbonyl (C=O) groups excluding carboxylic acids is 1. The molecule has 1 aromatic carbocycles. The minimum atomic E-state index is -1.04. The number of ketones is 1. The van der Waals surface area contributed by atoms with Crippen LogP contribution in [0.2, 0.25) is 0 Å². The zero-order chi connectivity index (χ0) is 14.8. The van der Waals surface area contributed by atoms with Crippen LogP contribution in [0.4, 0.5) is 0 Å². The molecule has 0 spiro atoms. The number of rotatable bonds is 4. The average molecular weight is 284 g/mol. The molecule has 1 N–H and O–H groups in total. The highest BCUT2D eigenvalue weighted by atomic mass is 16.5. The van der Waals surface area contributed by atoms with Crippen LogP contribution in [-0.4, -0.2) is 27.9 Å². The van der Waals surface area contributed by atoms with Crippen molar-refractivity contribution in [3.8, 4) is 11.6 Å². The summed E-state index contributed by atoms with van der Waals surface area (Å²) in [5.41, 5.74) is 1.43. The Morgan fingerprint density at radius 3 is 3.05 bits per heavy atom. The van der Waals surface area contributed by atoms with Crippen molar-refractivity contribution in [3.05, 3.63) is 42.4 Å². The summed E-state index contributed by atoms with van der Waals surface area (Å²) < 4.78 is 11.0. The largest absolute Gasteiger partial charge is 0.492 e. The van der Waals surface area contributed by atoms with Gasteiger partial charge < -0.3 is 14.4 Å². The smallest absolute Gasteiger partial charge is 0.439 e. The fraction of sp³-hybridized carbons (Fsp3) is 0.214. The minimum Gasteiger partial charge on any atom is -0.439 e. The van der Waals surface area contributed by atoms with Gasteiger partial charge in [-0.25, -0.2) is 9.97 Å². The zero-order valence-electron chi connectivity index (χ0n) is 11.4. The lowest BCUT2D eigenvalue weighted by atomic mass is 9.79. The molecule has 7 heteroatoms. The lowest BCUT2D eigenvalue weighted by Crippen LogP contribution is -2.28. The van der Waals surface area contributed by atoms with Crippen molar-refractivity contribution in [2.75, 3.05) is 0 Å². The summed E-state index contributed by atoms with van der Waals surface area (Å²) in [4.78, 5) is 19.0. The van der Waals surface area contributed by atoms with Gasteiger partial charge in [-0.3, -0.25) is 4.79 Å². The molecule has 1 aliphatic rings. The van der Waals surface area contributed by atoms with E-state index < -0.39 is 13.2 Å². The molecule has 0 aliphatic carbocycles. The van der Waals surface area contributed by atoms with E-state index in [1.54, 1.807) is 30.5 Å². The fourth-order valence-electron chi connectivity index (χ4n) is 2.30. The summed E-state index contributed by atoms with van der Waals surface area (Å²) in [5.74, 6) is 0.971. The van der Waals surface area contributed by atoms with E-state index in [-0.39, 0.29) is 12.2 Å². The van der Waals surface area contributed by atoms with Crippen LogP contribution in [0.25, 0.3) is 0 Å². The van der Waals surface area contributed by atoms with Crippen LogP contribution in [0.3, 0.4) is 0 Å². The Morgan fingerprint density at radius 1 is 1.48 bits per heavy atom. The normalized spacial score (nSPS) is 16.7. The van der Waals surface area contributed by atoms with Gasteiger partial charge in [0.25, 0.3) is 0 Å². The van der Waals surface area contributed by atoms with Gasteiger partial charge in [0, 0.05) is 18.7 Å². The van der Waals surface area contributed by atoms with E-state index in [9.17, 15) is 9.82 Å². The van der Waals surface area contributed by atoms with Crippen LogP contribution in [0.5, 0.6) is 11.6 Å². The minimum absolute atomic E-state index is 0.0152. The number of benzene rings is 1. The van der Waals surface area contributed by atoms with Crippen LogP contribution in [0, 0.1) is 0 Å². The highest BCUT2D eigenvalue weighted by molar-refractivity contribution is 6.61. The van der Waals surface area contributed by atoms with Crippen molar-refractivity contribution < 1.29 is 19.2 Å². The van der Waals surface area contributed by atoms with E-state index in [2.05, 4.69) is 9.97 Å². The highest BCUT2D eigenvalue weighted by Gasteiger charge is 2.35.